The second-order valence-corrected chi connectivity index (χ2v) is 3.66. The Kier molecular flexibility index (Phi) is 5.28. The van der Waals surface area contributed by atoms with Crippen molar-refractivity contribution < 1.29 is 34.8 Å². The molecule has 104 valence electrons. The average molecular weight is 270 g/mol. The van der Waals surface area contributed by atoms with Crippen molar-refractivity contribution in [1.29, 1.82) is 0 Å². The minimum absolute atomic E-state index is 0.0640. The van der Waals surface area contributed by atoms with E-state index in [0.29, 0.717) is 0 Å². The van der Waals surface area contributed by atoms with Gasteiger partial charge in [0.05, 0.1) is 17.7 Å². The average Bonchev–Trinajstić information content (AvgIpc) is 2.37. The smallest absolute Gasteiger partial charge is 0.338 e. The van der Waals surface area contributed by atoms with Crippen molar-refractivity contribution in [3.8, 4) is 5.75 Å². The number of phenols is 1. The van der Waals surface area contributed by atoms with Crippen LogP contribution in [-0.4, -0.2) is 52.2 Å². The molecule has 4 N–H and O–H groups in total. The fourth-order valence-electron chi connectivity index (χ4n) is 1.63. The zero-order valence-corrected chi connectivity index (χ0v) is 10.00. The molecule has 0 unspecified atom stereocenters. The molecule has 1 aromatic carbocycles. The number of esters is 1. The Hall–Kier alpha value is -2.12. The van der Waals surface area contributed by atoms with Crippen LogP contribution in [0.1, 0.15) is 26.3 Å². The third-order valence-electron chi connectivity index (χ3n) is 2.37. The van der Waals surface area contributed by atoms with Crippen LogP contribution in [0.5, 0.6) is 5.75 Å². The molecule has 0 aliphatic carbocycles. The third-order valence-corrected chi connectivity index (χ3v) is 2.37. The molecular formula is C12H14O7. The summed E-state index contributed by atoms with van der Waals surface area (Å²) < 4.78 is 4.68. The van der Waals surface area contributed by atoms with E-state index >= 15 is 0 Å². The Bertz CT molecular complexity index is 481. The zero-order chi connectivity index (χ0) is 14.4. The van der Waals surface area contributed by atoms with Gasteiger partial charge in [-0.15, -0.1) is 0 Å². The van der Waals surface area contributed by atoms with Crippen LogP contribution < -0.4 is 0 Å². The molecule has 0 saturated heterocycles. The van der Waals surface area contributed by atoms with Gasteiger partial charge in [-0.3, -0.25) is 0 Å². The van der Waals surface area contributed by atoms with E-state index in [4.69, 9.17) is 15.3 Å². The standard InChI is InChI=1S/C12H14O7/c13-2-1-8-9(11(16)17)5-7(15)6-10(8)12(18)19-4-3-14/h5-6,13-15H,1-4H2,(H,16,17). The highest BCUT2D eigenvalue weighted by Gasteiger charge is 2.21. The van der Waals surface area contributed by atoms with E-state index in [2.05, 4.69) is 4.74 Å². The molecule has 0 bridgehead atoms. The molecule has 7 heteroatoms. The van der Waals surface area contributed by atoms with E-state index in [9.17, 15) is 14.7 Å². The molecule has 0 fully saturated rings. The lowest BCUT2D eigenvalue weighted by molar-refractivity contribution is 0.0432. The van der Waals surface area contributed by atoms with Crippen LogP contribution in [0.4, 0.5) is 0 Å². The van der Waals surface area contributed by atoms with Gasteiger partial charge in [0.25, 0.3) is 0 Å². The maximum absolute atomic E-state index is 11.7. The van der Waals surface area contributed by atoms with Gasteiger partial charge < -0.3 is 25.2 Å². The highest BCUT2D eigenvalue weighted by molar-refractivity contribution is 5.98. The number of aliphatic hydroxyl groups excluding tert-OH is 2. The summed E-state index contributed by atoms with van der Waals surface area (Å²) in [5.74, 6) is -2.58. The Morgan fingerprint density at radius 3 is 2.26 bits per heavy atom. The minimum Gasteiger partial charge on any atom is -0.508 e. The van der Waals surface area contributed by atoms with Gasteiger partial charge >= 0.3 is 11.9 Å². The number of carbonyl (C=O) groups is 2. The number of phenolic OH excluding ortho intramolecular Hbond substituents is 1. The number of rotatable bonds is 6. The summed E-state index contributed by atoms with van der Waals surface area (Å²) in [5.41, 5.74) is -0.333. The molecule has 0 aliphatic heterocycles. The molecular weight excluding hydrogens is 256 g/mol. The number of aliphatic hydroxyl groups is 2. The lowest BCUT2D eigenvalue weighted by Crippen LogP contribution is -2.15. The maximum Gasteiger partial charge on any atom is 0.338 e. The normalized spacial score (nSPS) is 10.2. The first-order valence-electron chi connectivity index (χ1n) is 5.49. The number of hydrogen-bond donors (Lipinski definition) is 4. The van der Waals surface area contributed by atoms with E-state index < -0.39 is 17.7 Å². The van der Waals surface area contributed by atoms with Crippen LogP contribution in [-0.2, 0) is 11.2 Å². The fraction of sp³-hybridized carbons (Fsp3) is 0.333. The number of aromatic hydroxyl groups is 1. The number of benzene rings is 1. The van der Waals surface area contributed by atoms with Gasteiger partial charge in [-0.2, -0.15) is 0 Å². The summed E-state index contributed by atoms with van der Waals surface area (Å²) in [7, 11) is 0. The summed E-state index contributed by atoms with van der Waals surface area (Å²) in [6, 6.07) is 2.06. The van der Waals surface area contributed by atoms with Gasteiger partial charge in [-0.05, 0) is 24.1 Å². The largest absolute Gasteiger partial charge is 0.508 e. The fourth-order valence-corrected chi connectivity index (χ4v) is 1.63. The summed E-state index contributed by atoms with van der Waals surface area (Å²) >= 11 is 0. The van der Waals surface area contributed by atoms with Crippen molar-refractivity contribution in [2.75, 3.05) is 19.8 Å². The van der Waals surface area contributed by atoms with Crippen molar-refractivity contribution in [2.45, 2.75) is 6.42 Å². The first-order valence-corrected chi connectivity index (χ1v) is 5.49. The van der Waals surface area contributed by atoms with Gasteiger partial charge in [-0.1, -0.05) is 0 Å². The van der Waals surface area contributed by atoms with Gasteiger partial charge in [0.2, 0.25) is 0 Å². The number of ether oxygens (including phenoxy) is 1. The number of carboxylic acids is 1. The Balaban J connectivity index is 3.27. The second-order valence-electron chi connectivity index (χ2n) is 3.66. The highest BCUT2D eigenvalue weighted by atomic mass is 16.5. The Morgan fingerprint density at radius 2 is 1.74 bits per heavy atom. The molecule has 1 aromatic rings. The topological polar surface area (TPSA) is 124 Å². The lowest BCUT2D eigenvalue weighted by atomic mass is 9.97. The van der Waals surface area contributed by atoms with Crippen molar-refractivity contribution in [2.24, 2.45) is 0 Å². The number of hydrogen-bond acceptors (Lipinski definition) is 6. The molecule has 0 saturated carbocycles. The van der Waals surface area contributed by atoms with Gasteiger partial charge in [0.1, 0.15) is 12.4 Å². The van der Waals surface area contributed by atoms with Crippen LogP contribution in [0.2, 0.25) is 0 Å². The molecule has 0 atom stereocenters. The first-order chi connectivity index (χ1) is 9.01. The lowest BCUT2D eigenvalue weighted by Gasteiger charge is -2.12. The van der Waals surface area contributed by atoms with E-state index in [1.165, 1.54) is 0 Å². The quantitative estimate of drug-likeness (QED) is 0.526. The summed E-state index contributed by atoms with van der Waals surface area (Å²) in [6.07, 6.45) is -0.0640. The van der Waals surface area contributed by atoms with Crippen LogP contribution >= 0.6 is 0 Å². The van der Waals surface area contributed by atoms with Crippen LogP contribution in [0.15, 0.2) is 12.1 Å². The van der Waals surface area contributed by atoms with Crippen LogP contribution in [0, 0.1) is 0 Å². The second kappa shape index (κ2) is 6.72. The molecule has 0 radical (unpaired) electrons. The number of carbonyl (C=O) groups excluding carboxylic acids is 1. The molecule has 0 aliphatic rings. The summed E-state index contributed by atoms with van der Waals surface area (Å²) in [5, 5.41) is 35.9. The predicted octanol–water partition coefficient (Wildman–Crippen LogP) is -0.226. The number of carboxylic acid groups (broad SMARTS) is 1. The van der Waals surface area contributed by atoms with Crippen LogP contribution in [0.25, 0.3) is 0 Å². The highest BCUT2D eigenvalue weighted by Crippen LogP contribution is 2.23. The third kappa shape index (κ3) is 3.67. The monoisotopic (exact) mass is 270 g/mol. The van der Waals surface area contributed by atoms with Crippen LogP contribution in [0.3, 0.4) is 0 Å². The van der Waals surface area contributed by atoms with Gasteiger partial charge in [0, 0.05) is 6.61 Å². The number of aromatic carboxylic acids is 1. The molecule has 0 spiro atoms. The van der Waals surface area contributed by atoms with Crippen molar-refractivity contribution in [3.05, 3.63) is 28.8 Å². The van der Waals surface area contributed by atoms with Gasteiger partial charge in [-0.25, -0.2) is 9.59 Å². The Morgan fingerprint density at radius 1 is 1.11 bits per heavy atom. The van der Waals surface area contributed by atoms with Crippen molar-refractivity contribution in [1.82, 2.24) is 0 Å². The van der Waals surface area contributed by atoms with Gasteiger partial charge in [0.15, 0.2) is 0 Å². The maximum atomic E-state index is 11.7. The molecule has 1 rings (SSSR count). The molecule has 0 heterocycles. The first kappa shape index (κ1) is 14.9. The summed E-state index contributed by atoms with van der Waals surface area (Å²) in [6.45, 7) is -0.966. The van der Waals surface area contributed by atoms with Crippen molar-refractivity contribution in [3.63, 3.8) is 0 Å². The molecule has 7 nitrogen and oxygen atoms in total. The Labute approximate surface area is 108 Å². The van der Waals surface area contributed by atoms with Crippen molar-refractivity contribution >= 4 is 11.9 Å². The SMILES string of the molecule is O=C(O)c1cc(O)cc(C(=O)OCCO)c1CCO. The molecule has 0 aromatic heterocycles. The summed E-state index contributed by atoms with van der Waals surface area (Å²) in [4.78, 5) is 22.8. The zero-order valence-electron chi connectivity index (χ0n) is 10.00. The molecule has 0 amide bonds. The predicted molar refractivity (Wildman–Crippen MR) is 63.2 cm³/mol. The van der Waals surface area contributed by atoms with E-state index in [1.54, 1.807) is 0 Å². The molecule has 19 heavy (non-hydrogen) atoms. The van der Waals surface area contributed by atoms with E-state index in [-0.39, 0.29) is 42.9 Å². The van der Waals surface area contributed by atoms with E-state index in [1.807, 2.05) is 0 Å². The van der Waals surface area contributed by atoms with E-state index in [0.717, 1.165) is 12.1 Å². The minimum atomic E-state index is -1.32.